The Morgan fingerprint density at radius 2 is 1.79 bits per heavy atom. The van der Waals surface area contributed by atoms with Crippen LogP contribution in [0.5, 0.6) is 5.75 Å². The van der Waals surface area contributed by atoms with Crippen molar-refractivity contribution in [3.05, 3.63) is 65.2 Å². The Morgan fingerprint density at radius 3 is 2.36 bits per heavy atom. The average molecular weight is 402 g/mol. The molecule has 2 aromatic carbocycles. The molecule has 1 aliphatic heterocycles. The Hall–Kier alpha value is -2.34. The molecule has 0 aromatic heterocycles. The van der Waals surface area contributed by atoms with Crippen molar-refractivity contribution in [3.63, 3.8) is 0 Å². The largest absolute Gasteiger partial charge is 0.494 e. The molecule has 3 rings (SSSR count). The fourth-order valence-corrected chi connectivity index (χ4v) is 5.09. The Labute approximate surface area is 167 Å². The second-order valence-corrected chi connectivity index (χ2v) is 9.58. The summed E-state index contributed by atoms with van der Waals surface area (Å²) >= 11 is 0. The van der Waals surface area contributed by atoms with Gasteiger partial charge in [-0.05, 0) is 49.6 Å². The van der Waals surface area contributed by atoms with E-state index in [1.165, 1.54) is 0 Å². The van der Waals surface area contributed by atoms with Gasteiger partial charge in [0, 0.05) is 18.2 Å². The number of sulfone groups is 1. The lowest BCUT2D eigenvalue weighted by Gasteiger charge is -2.28. The highest BCUT2D eigenvalue weighted by atomic mass is 32.2. The number of amides is 1. The van der Waals surface area contributed by atoms with E-state index in [0.29, 0.717) is 25.1 Å². The molecule has 1 atom stereocenters. The second-order valence-electron chi connectivity index (χ2n) is 7.35. The van der Waals surface area contributed by atoms with Crippen molar-refractivity contribution >= 4 is 15.7 Å². The van der Waals surface area contributed by atoms with Crippen LogP contribution in [-0.4, -0.2) is 43.4 Å². The maximum Gasteiger partial charge on any atom is 0.254 e. The van der Waals surface area contributed by atoms with Crippen LogP contribution in [0.2, 0.25) is 0 Å². The molecule has 0 aliphatic carbocycles. The van der Waals surface area contributed by atoms with E-state index in [-0.39, 0.29) is 23.5 Å². The van der Waals surface area contributed by atoms with Gasteiger partial charge in [-0.1, -0.05) is 36.8 Å². The number of ether oxygens (including phenoxy) is 1. The van der Waals surface area contributed by atoms with Crippen molar-refractivity contribution in [2.24, 2.45) is 0 Å². The Bertz CT molecular complexity index is 905. The maximum absolute atomic E-state index is 13.2. The molecule has 6 heteroatoms. The summed E-state index contributed by atoms with van der Waals surface area (Å²) in [5.41, 5.74) is 2.61. The smallest absolute Gasteiger partial charge is 0.254 e. The van der Waals surface area contributed by atoms with Gasteiger partial charge in [-0.15, -0.1) is 0 Å². The topological polar surface area (TPSA) is 63.7 Å². The van der Waals surface area contributed by atoms with Crippen LogP contribution in [0.3, 0.4) is 0 Å². The summed E-state index contributed by atoms with van der Waals surface area (Å²) < 4.78 is 29.6. The molecule has 1 saturated heterocycles. The predicted molar refractivity (Wildman–Crippen MR) is 110 cm³/mol. The van der Waals surface area contributed by atoms with Crippen LogP contribution in [0.15, 0.2) is 48.5 Å². The van der Waals surface area contributed by atoms with E-state index in [4.69, 9.17) is 4.74 Å². The summed E-state index contributed by atoms with van der Waals surface area (Å²) in [6.07, 6.45) is 1.42. The van der Waals surface area contributed by atoms with Crippen LogP contribution in [0.1, 0.15) is 41.3 Å². The Morgan fingerprint density at radius 1 is 1.11 bits per heavy atom. The number of benzene rings is 2. The molecule has 150 valence electrons. The van der Waals surface area contributed by atoms with Crippen LogP contribution in [0.4, 0.5) is 0 Å². The van der Waals surface area contributed by atoms with Crippen molar-refractivity contribution in [1.82, 2.24) is 4.90 Å². The van der Waals surface area contributed by atoms with Gasteiger partial charge in [-0.25, -0.2) is 8.42 Å². The van der Waals surface area contributed by atoms with Crippen molar-refractivity contribution in [2.75, 3.05) is 18.1 Å². The van der Waals surface area contributed by atoms with Crippen molar-refractivity contribution in [3.8, 4) is 5.75 Å². The molecule has 0 radical (unpaired) electrons. The molecular formula is C22H27NO4S. The predicted octanol–water partition coefficient (Wildman–Crippen LogP) is 3.61. The number of hydrogen-bond acceptors (Lipinski definition) is 4. The molecule has 0 spiro atoms. The van der Waals surface area contributed by atoms with Crippen LogP contribution in [0.25, 0.3) is 0 Å². The Kier molecular flexibility index (Phi) is 6.39. The normalized spacial score (nSPS) is 18.0. The molecule has 0 saturated carbocycles. The standard InChI is InChI=1S/C22H27NO4S/c1-3-13-27-21-10-6-18(7-11-21)15-23(20-12-14-28(25,26)16-20)22(24)19-8-4-17(2)5-9-19/h4-11,20H,3,12-16H2,1-2H3. The first-order valence-corrected chi connectivity index (χ1v) is 11.5. The summed E-state index contributed by atoms with van der Waals surface area (Å²) in [5.74, 6) is 0.834. The molecule has 2 aromatic rings. The first-order valence-electron chi connectivity index (χ1n) is 9.68. The lowest BCUT2D eigenvalue weighted by molar-refractivity contribution is 0.0681. The summed E-state index contributed by atoms with van der Waals surface area (Å²) in [4.78, 5) is 14.9. The minimum absolute atomic E-state index is 0.0301. The molecule has 1 fully saturated rings. The Balaban J connectivity index is 1.82. The van der Waals surface area contributed by atoms with E-state index in [1.54, 1.807) is 17.0 Å². The van der Waals surface area contributed by atoms with E-state index in [1.807, 2.05) is 43.3 Å². The summed E-state index contributed by atoms with van der Waals surface area (Å²) in [6, 6.07) is 14.8. The monoisotopic (exact) mass is 401 g/mol. The first kappa shape index (κ1) is 20.4. The van der Waals surface area contributed by atoms with Crippen LogP contribution < -0.4 is 4.74 Å². The molecule has 1 amide bonds. The zero-order chi connectivity index (χ0) is 20.1. The van der Waals surface area contributed by atoms with Crippen LogP contribution >= 0.6 is 0 Å². The SMILES string of the molecule is CCCOc1ccc(CN(C(=O)c2ccc(C)cc2)C2CCS(=O)(=O)C2)cc1. The second kappa shape index (κ2) is 8.78. The van der Waals surface area contributed by atoms with Crippen molar-refractivity contribution < 1.29 is 17.9 Å². The van der Waals surface area contributed by atoms with E-state index in [2.05, 4.69) is 6.92 Å². The fourth-order valence-electron chi connectivity index (χ4n) is 3.36. The number of carbonyl (C=O) groups is 1. The number of carbonyl (C=O) groups excluding carboxylic acids is 1. The van der Waals surface area contributed by atoms with Gasteiger partial charge in [0.25, 0.3) is 5.91 Å². The summed E-state index contributed by atoms with van der Waals surface area (Å²) in [6.45, 7) is 5.06. The number of nitrogens with zero attached hydrogens (tertiary/aromatic N) is 1. The zero-order valence-electron chi connectivity index (χ0n) is 16.4. The quantitative estimate of drug-likeness (QED) is 0.711. The lowest BCUT2D eigenvalue weighted by Crippen LogP contribution is -2.40. The minimum Gasteiger partial charge on any atom is -0.494 e. The molecular weight excluding hydrogens is 374 g/mol. The van der Waals surface area contributed by atoms with Crippen LogP contribution in [0, 0.1) is 6.92 Å². The summed E-state index contributed by atoms with van der Waals surface area (Å²) in [5, 5.41) is 0. The highest BCUT2D eigenvalue weighted by molar-refractivity contribution is 7.91. The van der Waals surface area contributed by atoms with Gasteiger partial charge in [0.15, 0.2) is 9.84 Å². The van der Waals surface area contributed by atoms with Crippen molar-refractivity contribution in [2.45, 2.75) is 39.3 Å². The number of hydrogen-bond donors (Lipinski definition) is 0. The molecule has 5 nitrogen and oxygen atoms in total. The van der Waals surface area contributed by atoms with E-state index in [0.717, 1.165) is 23.3 Å². The first-order chi connectivity index (χ1) is 13.4. The molecule has 0 N–H and O–H groups in total. The van der Waals surface area contributed by atoms with E-state index in [9.17, 15) is 13.2 Å². The van der Waals surface area contributed by atoms with E-state index < -0.39 is 9.84 Å². The third-order valence-electron chi connectivity index (χ3n) is 4.96. The van der Waals surface area contributed by atoms with Gasteiger partial charge in [0.05, 0.1) is 18.1 Å². The van der Waals surface area contributed by atoms with Gasteiger partial charge in [0.2, 0.25) is 0 Å². The maximum atomic E-state index is 13.2. The number of aryl methyl sites for hydroxylation is 1. The van der Waals surface area contributed by atoms with Gasteiger partial charge in [0.1, 0.15) is 5.75 Å². The molecule has 1 heterocycles. The third-order valence-corrected chi connectivity index (χ3v) is 6.71. The van der Waals surface area contributed by atoms with E-state index >= 15 is 0 Å². The minimum atomic E-state index is -3.09. The number of rotatable bonds is 7. The highest BCUT2D eigenvalue weighted by Crippen LogP contribution is 2.23. The fraction of sp³-hybridized carbons (Fsp3) is 0.409. The highest BCUT2D eigenvalue weighted by Gasteiger charge is 2.35. The molecule has 1 unspecified atom stereocenters. The van der Waals surface area contributed by atoms with Gasteiger partial charge >= 0.3 is 0 Å². The molecule has 1 aliphatic rings. The van der Waals surface area contributed by atoms with Gasteiger partial charge < -0.3 is 9.64 Å². The van der Waals surface area contributed by atoms with Crippen molar-refractivity contribution in [1.29, 1.82) is 0 Å². The average Bonchev–Trinajstić information content (AvgIpc) is 3.05. The summed E-state index contributed by atoms with van der Waals surface area (Å²) in [7, 11) is -3.09. The molecule has 28 heavy (non-hydrogen) atoms. The third kappa shape index (κ3) is 5.13. The zero-order valence-corrected chi connectivity index (χ0v) is 17.2. The lowest BCUT2D eigenvalue weighted by atomic mass is 10.1. The molecule has 0 bridgehead atoms. The van der Waals surface area contributed by atoms with Crippen LogP contribution in [-0.2, 0) is 16.4 Å². The van der Waals surface area contributed by atoms with Gasteiger partial charge in [-0.2, -0.15) is 0 Å². The van der Waals surface area contributed by atoms with Gasteiger partial charge in [-0.3, -0.25) is 4.79 Å².